The minimum atomic E-state index is 0.0977. The lowest BCUT2D eigenvalue weighted by molar-refractivity contribution is -0.121. The van der Waals surface area contributed by atoms with Gasteiger partial charge in [-0.2, -0.15) is 5.10 Å². The second-order valence-electron chi connectivity index (χ2n) is 6.95. The van der Waals surface area contributed by atoms with Gasteiger partial charge in [-0.3, -0.25) is 9.48 Å². The topological polar surface area (TPSA) is 50.2 Å². The van der Waals surface area contributed by atoms with Crippen molar-refractivity contribution in [1.29, 1.82) is 0 Å². The Morgan fingerprint density at radius 3 is 2.44 bits per heavy atom. The molecular formula is C20H30N4O. The first kappa shape index (κ1) is 19.2. The molecule has 1 atom stereocenters. The summed E-state index contributed by atoms with van der Waals surface area (Å²) in [5.41, 5.74) is 4.63. The van der Waals surface area contributed by atoms with Crippen molar-refractivity contribution in [2.24, 2.45) is 0 Å². The predicted molar refractivity (Wildman–Crippen MR) is 102 cm³/mol. The van der Waals surface area contributed by atoms with Crippen LogP contribution in [0.3, 0.4) is 0 Å². The highest BCUT2D eigenvalue weighted by Crippen LogP contribution is 2.18. The van der Waals surface area contributed by atoms with Crippen LogP contribution in [0.5, 0.6) is 0 Å². The fourth-order valence-electron chi connectivity index (χ4n) is 2.98. The van der Waals surface area contributed by atoms with E-state index < -0.39 is 0 Å². The number of hydrogen-bond acceptors (Lipinski definition) is 3. The maximum atomic E-state index is 12.2. The Kier molecular flexibility index (Phi) is 6.76. The molecular weight excluding hydrogens is 312 g/mol. The van der Waals surface area contributed by atoms with Crippen LogP contribution in [-0.2, 0) is 11.3 Å². The molecule has 1 aromatic heterocycles. The van der Waals surface area contributed by atoms with Crippen molar-refractivity contribution in [3.05, 3.63) is 52.8 Å². The number of rotatable bonds is 8. The molecule has 5 nitrogen and oxygen atoms in total. The number of aromatic nitrogens is 2. The summed E-state index contributed by atoms with van der Waals surface area (Å²) < 4.78 is 1.97. The zero-order valence-corrected chi connectivity index (χ0v) is 16.0. The average molecular weight is 342 g/mol. The number of aryl methyl sites for hydroxylation is 4. The van der Waals surface area contributed by atoms with Crippen LogP contribution in [-0.4, -0.2) is 41.2 Å². The van der Waals surface area contributed by atoms with Gasteiger partial charge in [-0.05, 0) is 52.9 Å². The molecule has 0 saturated carbocycles. The third-order valence-corrected chi connectivity index (χ3v) is 4.46. The van der Waals surface area contributed by atoms with Crippen LogP contribution in [0.4, 0.5) is 0 Å². The van der Waals surface area contributed by atoms with Gasteiger partial charge in [0.25, 0.3) is 0 Å². The van der Waals surface area contributed by atoms with Crippen molar-refractivity contribution in [2.75, 3.05) is 20.6 Å². The van der Waals surface area contributed by atoms with E-state index in [2.05, 4.69) is 52.6 Å². The quantitative estimate of drug-likeness (QED) is 0.802. The summed E-state index contributed by atoms with van der Waals surface area (Å²) in [6.07, 6.45) is 1.32. The van der Waals surface area contributed by atoms with Gasteiger partial charge in [0, 0.05) is 25.2 Å². The lowest BCUT2D eigenvalue weighted by atomic mass is 10.0. The van der Waals surface area contributed by atoms with Crippen molar-refractivity contribution in [3.63, 3.8) is 0 Å². The van der Waals surface area contributed by atoms with E-state index in [1.807, 2.05) is 32.6 Å². The van der Waals surface area contributed by atoms with Gasteiger partial charge in [-0.15, -0.1) is 0 Å². The van der Waals surface area contributed by atoms with Gasteiger partial charge in [0.05, 0.1) is 11.7 Å². The minimum Gasteiger partial charge on any atom is -0.354 e. The van der Waals surface area contributed by atoms with Gasteiger partial charge >= 0.3 is 0 Å². The van der Waals surface area contributed by atoms with Gasteiger partial charge in [-0.25, -0.2) is 0 Å². The average Bonchev–Trinajstić information content (AvgIpc) is 2.86. The fourth-order valence-corrected chi connectivity index (χ4v) is 2.98. The maximum Gasteiger partial charge on any atom is 0.220 e. The Hall–Kier alpha value is -2.14. The summed E-state index contributed by atoms with van der Waals surface area (Å²) in [5, 5.41) is 7.50. The first-order chi connectivity index (χ1) is 11.9. The Bertz CT molecular complexity index is 688. The van der Waals surface area contributed by atoms with Gasteiger partial charge in [0.15, 0.2) is 0 Å². The second-order valence-corrected chi connectivity index (χ2v) is 6.95. The number of hydrogen-bond donors (Lipinski definition) is 1. The Morgan fingerprint density at radius 1 is 1.20 bits per heavy atom. The number of amides is 1. The number of benzene rings is 1. The third kappa shape index (κ3) is 5.71. The van der Waals surface area contributed by atoms with Crippen molar-refractivity contribution >= 4 is 5.91 Å². The molecule has 2 aromatic rings. The van der Waals surface area contributed by atoms with Gasteiger partial charge < -0.3 is 10.2 Å². The molecule has 0 unspecified atom stereocenters. The third-order valence-electron chi connectivity index (χ3n) is 4.46. The lowest BCUT2D eigenvalue weighted by Gasteiger charge is -2.25. The molecule has 2 rings (SSSR count). The summed E-state index contributed by atoms with van der Waals surface area (Å²) in [5.74, 6) is 0.0977. The summed E-state index contributed by atoms with van der Waals surface area (Å²) in [4.78, 5) is 14.3. The molecule has 5 heteroatoms. The van der Waals surface area contributed by atoms with Crippen molar-refractivity contribution in [2.45, 2.75) is 46.2 Å². The number of nitrogens with one attached hydrogen (secondary N) is 1. The SMILES string of the molecule is Cc1ccc([C@H](CNC(=O)CCCn2nc(C)cc2C)N(C)C)cc1. The molecule has 0 aliphatic rings. The molecule has 1 N–H and O–H groups in total. The predicted octanol–water partition coefficient (Wildman–Crippen LogP) is 3.01. The zero-order valence-electron chi connectivity index (χ0n) is 16.0. The van der Waals surface area contributed by atoms with Crippen molar-refractivity contribution in [3.8, 4) is 0 Å². The van der Waals surface area contributed by atoms with E-state index in [0.29, 0.717) is 13.0 Å². The summed E-state index contributed by atoms with van der Waals surface area (Å²) >= 11 is 0. The molecule has 1 amide bonds. The van der Waals surface area contributed by atoms with Crippen LogP contribution < -0.4 is 5.32 Å². The van der Waals surface area contributed by atoms with Gasteiger partial charge in [0.2, 0.25) is 5.91 Å². The van der Waals surface area contributed by atoms with Crippen LogP contribution in [0.1, 0.15) is 41.4 Å². The van der Waals surface area contributed by atoms with E-state index in [1.165, 1.54) is 11.1 Å². The van der Waals surface area contributed by atoms with Gasteiger partial charge in [-0.1, -0.05) is 29.8 Å². The first-order valence-electron chi connectivity index (χ1n) is 8.87. The summed E-state index contributed by atoms with van der Waals surface area (Å²) in [6.45, 7) is 7.52. The largest absolute Gasteiger partial charge is 0.354 e. The Morgan fingerprint density at radius 2 is 1.88 bits per heavy atom. The van der Waals surface area contributed by atoms with E-state index in [1.54, 1.807) is 0 Å². The highest BCUT2D eigenvalue weighted by atomic mass is 16.1. The Balaban J connectivity index is 1.80. The summed E-state index contributed by atoms with van der Waals surface area (Å²) in [6, 6.07) is 10.7. The van der Waals surface area contributed by atoms with Crippen LogP contribution in [0.25, 0.3) is 0 Å². The molecule has 0 fully saturated rings. The summed E-state index contributed by atoms with van der Waals surface area (Å²) in [7, 11) is 4.08. The highest BCUT2D eigenvalue weighted by molar-refractivity contribution is 5.75. The standard InChI is InChI=1S/C20H30N4O/c1-15-8-10-18(11-9-15)19(23(4)5)14-21-20(25)7-6-12-24-17(3)13-16(2)22-24/h8-11,13,19H,6-7,12,14H2,1-5H3,(H,21,25)/t19-/m0/s1. The molecule has 0 aliphatic heterocycles. The lowest BCUT2D eigenvalue weighted by Crippen LogP contribution is -2.34. The van der Waals surface area contributed by atoms with Crippen molar-refractivity contribution < 1.29 is 4.79 Å². The molecule has 136 valence electrons. The second kappa shape index (κ2) is 8.81. The van der Waals surface area contributed by atoms with E-state index in [9.17, 15) is 4.79 Å². The molecule has 0 radical (unpaired) electrons. The number of nitrogens with zero attached hydrogens (tertiary/aromatic N) is 3. The number of likely N-dealkylation sites (N-methyl/N-ethyl adjacent to an activating group) is 1. The molecule has 0 bridgehead atoms. The van der Waals surface area contributed by atoms with Crippen molar-refractivity contribution in [1.82, 2.24) is 20.0 Å². The minimum absolute atomic E-state index is 0.0977. The maximum absolute atomic E-state index is 12.2. The molecule has 0 spiro atoms. The first-order valence-corrected chi connectivity index (χ1v) is 8.87. The van der Waals surface area contributed by atoms with E-state index in [4.69, 9.17) is 0 Å². The van der Waals surface area contributed by atoms with Gasteiger partial charge in [0.1, 0.15) is 0 Å². The van der Waals surface area contributed by atoms with E-state index in [0.717, 1.165) is 24.4 Å². The highest BCUT2D eigenvalue weighted by Gasteiger charge is 2.15. The molecule has 0 saturated heterocycles. The van der Waals surface area contributed by atoms with Crippen LogP contribution in [0.15, 0.2) is 30.3 Å². The van der Waals surface area contributed by atoms with Crippen LogP contribution >= 0.6 is 0 Å². The molecule has 1 heterocycles. The van der Waals surface area contributed by atoms with Crippen LogP contribution in [0.2, 0.25) is 0 Å². The molecule has 0 aliphatic carbocycles. The number of carbonyl (C=O) groups is 1. The molecule has 1 aromatic carbocycles. The Labute approximate surface area is 151 Å². The molecule has 25 heavy (non-hydrogen) atoms. The smallest absolute Gasteiger partial charge is 0.220 e. The zero-order chi connectivity index (χ0) is 18.4. The van der Waals surface area contributed by atoms with E-state index >= 15 is 0 Å². The normalized spacial score (nSPS) is 12.4. The fraction of sp³-hybridized carbons (Fsp3) is 0.500. The number of carbonyl (C=O) groups excluding carboxylic acids is 1. The van der Waals surface area contributed by atoms with E-state index in [-0.39, 0.29) is 11.9 Å². The van der Waals surface area contributed by atoms with Crippen LogP contribution in [0, 0.1) is 20.8 Å². The monoisotopic (exact) mass is 342 g/mol.